The minimum atomic E-state index is -0.413. The monoisotopic (exact) mass is 287 g/mol. The van der Waals surface area contributed by atoms with Crippen LogP contribution in [0.1, 0.15) is 67.2 Å². The van der Waals surface area contributed by atoms with Gasteiger partial charge in [-0.05, 0) is 24.7 Å². The van der Waals surface area contributed by atoms with Gasteiger partial charge in [0.25, 0.3) is 0 Å². The molecule has 2 N–H and O–H groups in total. The van der Waals surface area contributed by atoms with E-state index in [0.29, 0.717) is 25.1 Å². The van der Waals surface area contributed by atoms with E-state index in [-0.39, 0.29) is 5.41 Å². The van der Waals surface area contributed by atoms with Gasteiger partial charge in [0.1, 0.15) is 0 Å². The third-order valence-electron chi connectivity index (χ3n) is 4.17. The van der Waals surface area contributed by atoms with Gasteiger partial charge in [-0.1, -0.05) is 53.9 Å². The number of hydrogen-bond acceptors (Lipinski definition) is 3. The topological polar surface area (TPSA) is 41.5 Å². The van der Waals surface area contributed by atoms with Crippen LogP contribution >= 0.6 is 0 Å². The minimum absolute atomic E-state index is 0.216. The molecule has 122 valence electrons. The van der Waals surface area contributed by atoms with Crippen molar-refractivity contribution in [1.82, 2.24) is 5.32 Å². The van der Waals surface area contributed by atoms with Crippen molar-refractivity contribution in [2.24, 2.45) is 11.3 Å². The molecule has 3 heteroatoms. The summed E-state index contributed by atoms with van der Waals surface area (Å²) in [5, 5.41) is 13.3. The van der Waals surface area contributed by atoms with Crippen molar-refractivity contribution in [3.05, 3.63) is 0 Å². The molecule has 0 spiro atoms. The molecule has 0 aliphatic rings. The lowest BCUT2D eigenvalue weighted by Crippen LogP contribution is -2.42. The molecule has 0 aromatic carbocycles. The van der Waals surface area contributed by atoms with Crippen LogP contribution in [0.3, 0.4) is 0 Å². The van der Waals surface area contributed by atoms with E-state index >= 15 is 0 Å². The second kappa shape index (κ2) is 10.6. The van der Waals surface area contributed by atoms with Gasteiger partial charge in [-0.2, -0.15) is 0 Å². The highest BCUT2D eigenvalue weighted by molar-refractivity contribution is 4.77. The molecular weight excluding hydrogens is 250 g/mol. The fourth-order valence-electron chi connectivity index (χ4n) is 1.95. The van der Waals surface area contributed by atoms with Crippen LogP contribution in [0.25, 0.3) is 0 Å². The lowest BCUT2D eigenvalue weighted by Gasteiger charge is -2.29. The van der Waals surface area contributed by atoms with Gasteiger partial charge in [0, 0.05) is 19.2 Å². The molecule has 3 unspecified atom stereocenters. The first-order chi connectivity index (χ1) is 9.31. The first kappa shape index (κ1) is 19.9. The van der Waals surface area contributed by atoms with Crippen LogP contribution in [0.15, 0.2) is 0 Å². The quantitative estimate of drug-likeness (QED) is 0.610. The molecule has 0 saturated carbocycles. The Morgan fingerprint density at radius 2 is 1.80 bits per heavy atom. The molecule has 20 heavy (non-hydrogen) atoms. The van der Waals surface area contributed by atoms with E-state index in [0.717, 1.165) is 13.0 Å². The number of aliphatic hydroxyl groups is 1. The standard InChI is InChI=1S/C17H37NO2/c1-7-9-10-15(8-2)12-20-13-16(19)11-18-14(3)17(4,5)6/h14-16,18-19H,7-13H2,1-6H3. The average molecular weight is 287 g/mol. The van der Waals surface area contributed by atoms with Crippen molar-refractivity contribution in [3.8, 4) is 0 Å². The van der Waals surface area contributed by atoms with Crippen LogP contribution in [0.2, 0.25) is 0 Å². The summed E-state index contributed by atoms with van der Waals surface area (Å²) < 4.78 is 5.67. The molecule has 0 fully saturated rings. The van der Waals surface area contributed by atoms with Gasteiger partial charge in [0.2, 0.25) is 0 Å². The number of nitrogens with one attached hydrogen (secondary N) is 1. The normalized spacial score (nSPS) is 16.9. The van der Waals surface area contributed by atoms with Gasteiger partial charge in [-0.25, -0.2) is 0 Å². The zero-order valence-electron chi connectivity index (χ0n) is 14.5. The van der Waals surface area contributed by atoms with E-state index in [2.05, 4.69) is 46.9 Å². The summed E-state index contributed by atoms with van der Waals surface area (Å²) in [6.07, 6.45) is 4.50. The number of aliphatic hydroxyl groups excluding tert-OH is 1. The van der Waals surface area contributed by atoms with Crippen molar-refractivity contribution < 1.29 is 9.84 Å². The lowest BCUT2D eigenvalue weighted by atomic mass is 9.88. The summed E-state index contributed by atoms with van der Waals surface area (Å²) in [5.74, 6) is 0.642. The maximum atomic E-state index is 9.94. The SMILES string of the molecule is CCCCC(CC)COCC(O)CNC(C)C(C)(C)C. The highest BCUT2D eigenvalue weighted by atomic mass is 16.5. The van der Waals surface area contributed by atoms with Crippen molar-refractivity contribution >= 4 is 0 Å². The van der Waals surface area contributed by atoms with E-state index in [1.807, 2.05) is 0 Å². The summed E-state index contributed by atoms with van der Waals surface area (Å²) in [6.45, 7) is 15.0. The van der Waals surface area contributed by atoms with Gasteiger partial charge >= 0.3 is 0 Å². The largest absolute Gasteiger partial charge is 0.389 e. The Hall–Kier alpha value is -0.120. The summed E-state index contributed by atoms with van der Waals surface area (Å²) in [7, 11) is 0. The number of hydrogen-bond donors (Lipinski definition) is 2. The van der Waals surface area contributed by atoms with Crippen molar-refractivity contribution in [2.45, 2.75) is 79.4 Å². The van der Waals surface area contributed by atoms with E-state index in [1.165, 1.54) is 19.3 Å². The molecule has 0 aromatic rings. The number of rotatable bonds is 11. The highest BCUT2D eigenvalue weighted by Gasteiger charge is 2.20. The third kappa shape index (κ3) is 9.73. The molecule has 0 radical (unpaired) electrons. The molecule has 0 aliphatic heterocycles. The first-order valence-corrected chi connectivity index (χ1v) is 8.30. The van der Waals surface area contributed by atoms with Crippen LogP contribution in [0, 0.1) is 11.3 Å². The van der Waals surface area contributed by atoms with Gasteiger partial charge in [0.15, 0.2) is 0 Å². The maximum absolute atomic E-state index is 9.94. The molecule has 0 rings (SSSR count). The van der Waals surface area contributed by atoms with Crippen LogP contribution < -0.4 is 5.32 Å². The van der Waals surface area contributed by atoms with E-state index in [1.54, 1.807) is 0 Å². The molecule has 0 amide bonds. The Balaban J connectivity index is 3.74. The van der Waals surface area contributed by atoms with Gasteiger partial charge in [0.05, 0.1) is 12.7 Å². The highest BCUT2D eigenvalue weighted by Crippen LogP contribution is 2.18. The molecule has 0 aromatic heterocycles. The molecule has 3 nitrogen and oxygen atoms in total. The molecular formula is C17H37NO2. The van der Waals surface area contributed by atoms with Crippen molar-refractivity contribution in [2.75, 3.05) is 19.8 Å². The zero-order chi connectivity index (χ0) is 15.6. The lowest BCUT2D eigenvalue weighted by molar-refractivity contribution is 0.0170. The Morgan fingerprint density at radius 3 is 2.30 bits per heavy atom. The fraction of sp³-hybridized carbons (Fsp3) is 1.00. The van der Waals surface area contributed by atoms with Crippen molar-refractivity contribution in [1.29, 1.82) is 0 Å². The second-order valence-corrected chi connectivity index (χ2v) is 7.10. The van der Waals surface area contributed by atoms with Gasteiger partial charge < -0.3 is 15.2 Å². The van der Waals surface area contributed by atoms with E-state index < -0.39 is 6.10 Å². The average Bonchev–Trinajstić information content (AvgIpc) is 2.38. The molecule has 0 bridgehead atoms. The zero-order valence-corrected chi connectivity index (χ0v) is 14.5. The summed E-state index contributed by atoms with van der Waals surface area (Å²) >= 11 is 0. The minimum Gasteiger partial charge on any atom is -0.389 e. The Labute approximate surface area is 126 Å². The number of unbranched alkanes of at least 4 members (excludes halogenated alkanes) is 1. The smallest absolute Gasteiger partial charge is 0.0897 e. The van der Waals surface area contributed by atoms with Gasteiger partial charge in [-0.15, -0.1) is 0 Å². The van der Waals surface area contributed by atoms with Crippen LogP contribution in [-0.4, -0.2) is 37.0 Å². The Bertz CT molecular complexity index is 226. The van der Waals surface area contributed by atoms with Gasteiger partial charge in [-0.3, -0.25) is 0 Å². The predicted molar refractivity (Wildman–Crippen MR) is 87.1 cm³/mol. The molecule has 0 aliphatic carbocycles. The Morgan fingerprint density at radius 1 is 1.15 bits per heavy atom. The maximum Gasteiger partial charge on any atom is 0.0897 e. The van der Waals surface area contributed by atoms with E-state index in [9.17, 15) is 5.11 Å². The molecule has 0 saturated heterocycles. The van der Waals surface area contributed by atoms with Crippen LogP contribution in [-0.2, 0) is 4.74 Å². The molecule has 3 atom stereocenters. The Kier molecular flexibility index (Phi) is 10.5. The van der Waals surface area contributed by atoms with Crippen LogP contribution in [0.4, 0.5) is 0 Å². The van der Waals surface area contributed by atoms with E-state index in [4.69, 9.17) is 4.74 Å². The number of ether oxygens (including phenoxy) is 1. The second-order valence-electron chi connectivity index (χ2n) is 7.10. The molecule has 0 heterocycles. The summed E-state index contributed by atoms with van der Waals surface area (Å²) in [4.78, 5) is 0. The van der Waals surface area contributed by atoms with Crippen LogP contribution in [0.5, 0.6) is 0 Å². The first-order valence-electron chi connectivity index (χ1n) is 8.30. The predicted octanol–water partition coefficient (Wildman–Crippen LogP) is 3.60. The third-order valence-corrected chi connectivity index (χ3v) is 4.17. The summed E-state index contributed by atoms with van der Waals surface area (Å²) in [5.41, 5.74) is 0.216. The summed E-state index contributed by atoms with van der Waals surface area (Å²) in [6, 6.07) is 0.380. The fourth-order valence-corrected chi connectivity index (χ4v) is 1.95. The van der Waals surface area contributed by atoms with Crippen molar-refractivity contribution in [3.63, 3.8) is 0 Å².